The Morgan fingerprint density at radius 2 is 2.10 bits per heavy atom. The van der Waals surface area contributed by atoms with Crippen molar-refractivity contribution in [2.45, 2.75) is 44.8 Å². The van der Waals surface area contributed by atoms with E-state index in [0.717, 1.165) is 24.0 Å². The van der Waals surface area contributed by atoms with E-state index < -0.39 is 0 Å². The van der Waals surface area contributed by atoms with Gasteiger partial charge in [-0.05, 0) is 31.2 Å². The molecule has 0 aliphatic heterocycles. The SMILES string of the molecule is CCCCCCOC(=O)C(SC)c1cc(C)ccc1N. The maximum absolute atomic E-state index is 12.2. The first-order valence-corrected chi connectivity index (χ1v) is 8.44. The van der Waals surface area contributed by atoms with Gasteiger partial charge in [0, 0.05) is 5.69 Å². The van der Waals surface area contributed by atoms with Gasteiger partial charge in [0.1, 0.15) is 5.25 Å². The van der Waals surface area contributed by atoms with Gasteiger partial charge in [-0.15, -0.1) is 11.8 Å². The van der Waals surface area contributed by atoms with Crippen molar-refractivity contribution in [1.29, 1.82) is 0 Å². The molecule has 20 heavy (non-hydrogen) atoms. The van der Waals surface area contributed by atoms with Crippen molar-refractivity contribution in [3.8, 4) is 0 Å². The van der Waals surface area contributed by atoms with Crippen molar-refractivity contribution >= 4 is 23.4 Å². The van der Waals surface area contributed by atoms with E-state index in [-0.39, 0.29) is 11.2 Å². The minimum absolute atomic E-state index is 0.189. The fourth-order valence-corrected chi connectivity index (χ4v) is 2.77. The van der Waals surface area contributed by atoms with E-state index in [0.29, 0.717) is 12.3 Å². The van der Waals surface area contributed by atoms with Crippen molar-refractivity contribution in [2.75, 3.05) is 18.6 Å². The highest BCUT2D eigenvalue weighted by atomic mass is 32.2. The number of aryl methyl sites for hydroxylation is 1. The molecule has 0 saturated carbocycles. The highest BCUT2D eigenvalue weighted by molar-refractivity contribution is 7.99. The van der Waals surface area contributed by atoms with Gasteiger partial charge in [0.15, 0.2) is 0 Å². The van der Waals surface area contributed by atoms with Gasteiger partial charge < -0.3 is 10.5 Å². The van der Waals surface area contributed by atoms with Gasteiger partial charge in [-0.3, -0.25) is 4.79 Å². The highest BCUT2D eigenvalue weighted by Gasteiger charge is 2.23. The first kappa shape index (κ1) is 16.9. The monoisotopic (exact) mass is 295 g/mol. The van der Waals surface area contributed by atoms with Gasteiger partial charge in [0.2, 0.25) is 0 Å². The average Bonchev–Trinajstić information content (AvgIpc) is 2.43. The fraction of sp³-hybridized carbons (Fsp3) is 0.562. The summed E-state index contributed by atoms with van der Waals surface area (Å²) in [6, 6.07) is 5.77. The van der Waals surface area contributed by atoms with E-state index in [1.807, 2.05) is 31.4 Å². The number of hydrogen-bond acceptors (Lipinski definition) is 4. The molecule has 0 saturated heterocycles. The number of hydrogen-bond donors (Lipinski definition) is 1. The van der Waals surface area contributed by atoms with E-state index in [1.54, 1.807) is 0 Å². The summed E-state index contributed by atoms with van der Waals surface area (Å²) in [6.07, 6.45) is 6.32. The Labute approximate surface area is 126 Å². The van der Waals surface area contributed by atoms with Crippen molar-refractivity contribution < 1.29 is 9.53 Å². The molecule has 0 fully saturated rings. The first-order valence-electron chi connectivity index (χ1n) is 7.15. The summed E-state index contributed by atoms with van der Waals surface area (Å²) in [7, 11) is 0. The van der Waals surface area contributed by atoms with Crippen molar-refractivity contribution in [2.24, 2.45) is 0 Å². The van der Waals surface area contributed by atoms with Gasteiger partial charge in [-0.2, -0.15) is 0 Å². The number of carbonyl (C=O) groups is 1. The molecule has 0 aromatic heterocycles. The van der Waals surface area contributed by atoms with Crippen LogP contribution in [0.15, 0.2) is 18.2 Å². The van der Waals surface area contributed by atoms with Crippen LogP contribution in [0, 0.1) is 6.92 Å². The zero-order chi connectivity index (χ0) is 15.0. The smallest absolute Gasteiger partial charge is 0.323 e. The molecule has 1 rings (SSSR count). The fourth-order valence-electron chi connectivity index (χ4n) is 2.05. The second-order valence-corrected chi connectivity index (χ2v) is 5.92. The lowest BCUT2D eigenvalue weighted by molar-refractivity contribution is -0.143. The molecule has 0 heterocycles. The molecule has 4 heteroatoms. The number of benzene rings is 1. The van der Waals surface area contributed by atoms with Gasteiger partial charge in [-0.1, -0.05) is 43.9 Å². The topological polar surface area (TPSA) is 52.3 Å². The molecule has 0 bridgehead atoms. The van der Waals surface area contributed by atoms with Crippen LogP contribution in [0.5, 0.6) is 0 Å². The number of thioether (sulfide) groups is 1. The lowest BCUT2D eigenvalue weighted by Gasteiger charge is -2.16. The van der Waals surface area contributed by atoms with Gasteiger partial charge in [-0.25, -0.2) is 0 Å². The van der Waals surface area contributed by atoms with E-state index >= 15 is 0 Å². The maximum Gasteiger partial charge on any atom is 0.323 e. The lowest BCUT2D eigenvalue weighted by Crippen LogP contribution is -2.15. The third kappa shape index (κ3) is 5.08. The molecule has 0 amide bonds. The molecule has 0 aliphatic rings. The van der Waals surface area contributed by atoms with Crippen LogP contribution in [-0.2, 0) is 9.53 Å². The van der Waals surface area contributed by atoms with Crippen molar-refractivity contribution in [1.82, 2.24) is 0 Å². The number of nitrogen functional groups attached to an aromatic ring is 1. The summed E-state index contributed by atoms with van der Waals surface area (Å²) in [5, 5.41) is -0.332. The summed E-state index contributed by atoms with van der Waals surface area (Å²) < 4.78 is 5.38. The van der Waals surface area contributed by atoms with Crippen LogP contribution in [0.2, 0.25) is 0 Å². The van der Waals surface area contributed by atoms with Crippen molar-refractivity contribution in [3.05, 3.63) is 29.3 Å². The molecule has 1 atom stereocenters. The standard InChI is InChI=1S/C16H25NO2S/c1-4-5-6-7-10-19-16(18)15(20-3)13-11-12(2)8-9-14(13)17/h8-9,11,15H,4-7,10,17H2,1-3H3. The van der Waals surface area contributed by atoms with Gasteiger partial charge >= 0.3 is 5.97 Å². The largest absolute Gasteiger partial charge is 0.465 e. The Balaban J connectivity index is 2.61. The molecule has 112 valence electrons. The predicted octanol–water partition coefficient (Wildman–Crippen LogP) is 4.10. The molecule has 1 unspecified atom stereocenters. The van der Waals surface area contributed by atoms with E-state index in [9.17, 15) is 4.79 Å². The molecule has 0 spiro atoms. The molecule has 0 aliphatic carbocycles. The van der Waals surface area contributed by atoms with Gasteiger partial charge in [0.25, 0.3) is 0 Å². The Hall–Kier alpha value is -1.16. The molecule has 1 aromatic carbocycles. The highest BCUT2D eigenvalue weighted by Crippen LogP contribution is 2.32. The number of esters is 1. The van der Waals surface area contributed by atoms with E-state index in [1.165, 1.54) is 24.6 Å². The number of carbonyl (C=O) groups excluding carboxylic acids is 1. The molecule has 2 N–H and O–H groups in total. The quantitative estimate of drug-likeness (QED) is 0.445. The summed E-state index contributed by atoms with van der Waals surface area (Å²) in [5.41, 5.74) is 8.59. The lowest BCUT2D eigenvalue weighted by atomic mass is 10.1. The number of nitrogens with two attached hydrogens (primary N) is 1. The van der Waals surface area contributed by atoms with Crippen LogP contribution in [0.1, 0.15) is 49.0 Å². The summed E-state index contributed by atoms with van der Waals surface area (Å²) in [4.78, 5) is 12.2. The second kappa shape index (κ2) is 8.90. The molecule has 0 radical (unpaired) electrons. The molecule has 3 nitrogen and oxygen atoms in total. The van der Waals surface area contributed by atoms with Crippen LogP contribution in [0.4, 0.5) is 5.69 Å². The third-order valence-electron chi connectivity index (χ3n) is 3.22. The molecular formula is C16H25NO2S. The van der Waals surface area contributed by atoms with E-state index in [2.05, 4.69) is 6.92 Å². The molecular weight excluding hydrogens is 270 g/mol. The van der Waals surface area contributed by atoms with Crippen LogP contribution < -0.4 is 5.73 Å². The average molecular weight is 295 g/mol. The summed E-state index contributed by atoms with van der Waals surface area (Å²) in [5.74, 6) is -0.189. The van der Waals surface area contributed by atoms with E-state index in [4.69, 9.17) is 10.5 Å². The Morgan fingerprint density at radius 3 is 2.75 bits per heavy atom. The van der Waals surface area contributed by atoms with Crippen LogP contribution in [0.3, 0.4) is 0 Å². The normalized spacial score (nSPS) is 12.2. The van der Waals surface area contributed by atoms with Crippen molar-refractivity contribution in [3.63, 3.8) is 0 Å². The van der Waals surface area contributed by atoms with Gasteiger partial charge in [0.05, 0.1) is 6.61 Å². The number of unbranched alkanes of at least 4 members (excludes halogenated alkanes) is 3. The minimum atomic E-state index is -0.332. The third-order valence-corrected chi connectivity index (χ3v) is 4.13. The number of anilines is 1. The minimum Gasteiger partial charge on any atom is -0.465 e. The Kier molecular flexibility index (Phi) is 7.52. The van der Waals surface area contributed by atoms with Crippen LogP contribution in [0.25, 0.3) is 0 Å². The number of ether oxygens (including phenoxy) is 1. The maximum atomic E-state index is 12.2. The number of rotatable bonds is 8. The zero-order valence-corrected chi connectivity index (χ0v) is 13.5. The Bertz CT molecular complexity index is 434. The predicted molar refractivity (Wildman–Crippen MR) is 86.9 cm³/mol. The summed E-state index contributed by atoms with van der Waals surface area (Å²) >= 11 is 1.47. The van der Waals surface area contributed by atoms with Crippen LogP contribution >= 0.6 is 11.8 Å². The first-order chi connectivity index (χ1) is 9.60. The zero-order valence-electron chi connectivity index (χ0n) is 12.6. The Morgan fingerprint density at radius 1 is 1.35 bits per heavy atom. The molecule has 1 aromatic rings. The van der Waals surface area contributed by atoms with Crippen LogP contribution in [-0.4, -0.2) is 18.8 Å². The second-order valence-electron chi connectivity index (χ2n) is 4.98. The summed E-state index contributed by atoms with van der Waals surface area (Å²) in [6.45, 7) is 4.66.